The number of para-hydroxylation sites is 1. The van der Waals surface area contributed by atoms with Crippen LogP contribution in [0.4, 0.5) is 23.1 Å². The topological polar surface area (TPSA) is 100 Å². The molecule has 4 aromatic rings. The number of rotatable bonds is 5. The van der Waals surface area contributed by atoms with Gasteiger partial charge in [0.1, 0.15) is 6.26 Å². The molecule has 134 valence electrons. The molecule has 0 saturated carbocycles. The van der Waals surface area contributed by atoms with Gasteiger partial charge in [-0.25, -0.2) is 9.78 Å². The van der Waals surface area contributed by atoms with Crippen LogP contribution in [0.25, 0.3) is 10.9 Å². The summed E-state index contributed by atoms with van der Waals surface area (Å²) < 4.78 is 5.21. The number of oxazole rings is 1. The number of hydrogen-bond acceptors (Lipinski definition) is 7. The minimum atomic E-state index is -1.01. The number of carboxylic acids is 1. The van der Waals surface area contributed by atoms with Crippen LogP contribution in [0.15, 0.2) is 70.4 Å². The van der Waals surface area contributed by atoms with Crippen molar-refractivity contribution in [2.75, 3.05) is 10.6 Å². The maximum Gasteiger partial charge on any atom is 0.337 e. The highest BCUT2D eigenvalue weighted by molar-refractivity contribution is 7.80. The van der Waals surface area contributed by atoms with Gasteiger partial charge >= 0.3 is 5.97 Å². The lowest BCUT2D eigenvalue weighted by atomic mass is 10.1. The van der Waals surface area contributed by atoms with Gasteiger partial charge in [0.2, 0.25) is 0 Å². The van der Waals surface area contributed by atoms with E-state index >= 15 is 0 Å². The summed E-state index contributed by atoms with van der Waals surface area (Å²) in [6.07, 6.45) is 4.65. The molecule has 0 saturated heterocycles. The SMILES string of the molecule is O=C(O)c1ccccc1Nc1c(S)cnc2ccc(Nc3ncco3)cc12. The highest BCUT2D eigenvalue weighted by atomic mass is 32.1. The molecule has 2 heterocycles. The average molecular weight is 378 g/mol. The van der Waals surface area contributed by atoms with E-state index in [1.54, 1.807) is 36.7 Å². The van der Waals surface area contributed by atoms with Crippen molar-refractivity contribution in [2.45, 2.75) is 4.90 Å². The molecule has 0 spiro atoms. The van der Waals surface area contributed by atoms with Gasteiger partial charge in [-0.2, -0.15) is 0 Å². The first-order valence-electron chi connectivity index (χ1n) is 7.99. The Morgan fingerprint density at radius 1 is 1.11 bits per heavy atom. The number of carboxylic acid groups (broad SMARTS) is 1. The van der Waals surface area contributed by atoms with E-state index in [1.807, 2.05) is 18.2 Å². The zero-order valence-corrected chi connectivity index (χ0v) is 14.8. The van der Waals surface area contributed by atoms with E-state index in [1.165, 1.54) is 6.26 Å². The third-order valence-corrected chi connectivity index (χ3v) is 4.29. The van der Waals surface area contributed by atoms with E-state index in [2.05, 4.69) is 33.2 Å². The Morgan fingerprint density at radius 2 is 1.96 bits per heavy atom. The number of fused-ring (bicyclic) bond motifs is 1. The van der Waals surface area contributed by atoms with Crippen molar-refractivity contribution in [3.05, 3.63) is 66.7 Å². The van der Waals surface area contributed by atoms with E-state index in [0.717, 1.165) is 16.6 Å². The Bertz CT molecular complexity index is 1130. The number of pyridine rings is 1. The van der Waals surface area contributed by atoms with Crippen LogP contribution in [-0.4, -0.2) is 21.0 Å². The van der Waals surface area contributed by atoms with E-state index in [0.29, 0.717) is 22.3 Å². The largest absolute Gasteiger partial charge is 0.478 e. The van der Waals surface area contributed by atoms with Crippen molar-refractivity contribution >= 4 is 52.6 Å². The fraction of sp³-hybridized carbons (Fsp3) is 0. The zero-order valence-electron chi connectivity index (χ0n) is 13.9. The Hall–Kier alpha value is -3.52. The monoisotopic (exact) mass is 378 g/mol. The molecule has 0 unspecified atom stereocenters. The molecule has 0 aliphatic heterocycles. The fourth-order valence-electron chi connectivity index (χ4n) is 2.71. The summed E-state index contributed by atoms with van der Waals surface area (Å²) in [5.41, 5.74) is 2.79. The molecule has 0 fully saturated rings. The number of thiol groups is 1. The van der Waals surface area contributed by atoms with Gasteiger partial charge in [-0.3, -0.25) is 4.98 Å². The number of aromatic nitrogens is 2. The van der Waals surface area contributed by atoms with Crippen molar-refractivity contribution in [1.82, 2.24) is 9.97 Å². The predicted octanol–water partition coefficient (Wildman–Crippen LogP) is 4.70. The molecular formula is C19H14N4O3S. The highest BCUT2D eigenvalue weighted by Crippen LogP contribution is 2.34. The molecule has 0 radical (unpaired) electrons. The van der Waals surface area contributed by atoms with E-state index in [-0.39, 0.29) is 5.56 Å². The van der Waals surface area contributed by atoms with Crippen LogP contribution in [-0.2, 0) is 0 Å². The summed E-state index contributed by atoms with van der Waals surface area (Å²) in [6, 6.07) is 12.6. The third-order valence-electron chi connectivity index (χ3n) is 3.95. The number of hydrogen-bond donors (Lipinski definition) is 4. The van der Waals surface area contributed by atoms with Crippen LogP contribution in [0.1, 0.15) is 10.4 Å². The third kappa shape index (κ3) is 3.42. The highest BCUT2D eigenvalue weighted by Gasteiger charge is 2.13. The van der Waals surface area contributed by atoms with Gasteiger partial charge < -0.3 is 20.2 Å². The van der Waals surface area contributed by atoms with Gasteiger partial charge in [0, 0.05) is 22.2 Å². The first kappa shape index (κ1) is 16.9. The number of nitrogens with one attached hydrogen (secondary N) is 2. The molecule has 2 aromatic carbocycles. The summed E-state index contributed by atoms with van der Waals surface area (Å²) in [7, 11) is 0. The first-order valence-corrected chi connectivity index (χ1v) is 8.44. The number of aromatic carboxylic acids is 1. The van der Waals surface area contributed by atoms with Gasteiger partial charge in [0.15, 0.2) is 0 Å². The average Bonchev–Trinajstić information content (AvgIpc) is 3.17. The summed E-state index contributed by atoms with van der Waals surface area (Å²) >= 11 is 4.49. The Labute approximate surface area is 159 Å². The lowest BCUT2D eigenvalue weighted by Gasteiger charge is -2.14. The van der Waals surface area contributed by atoms with Crippen molar-refractivity contribution in [1.29, 1.82) is 0 Å². The quantitative estimate of drug-likeness (QED) is 0.374. The molecule has 0 bridgehead atoms. The van der Waals surface area contributed by atoms with Crippen LogP contribution in [0, 0.1) is 0 Å². The Morgan fingerprint density at radius 3 is 2.74 bits per heavy atom. The number of nitrogens with zero attached hydrogens (tertiary/aromatic N) is 2. The van der Waals surface area contributed by atoms with Crippen LogP contribution in [0.5, 0.6) is 0 Å². The molecule has 27 heavy (non-hydrogen) atoms. The first-order chi connectivity index (χ1) is 13.1. The van der Waals surface area contributed by atoms with Crippen LogP contribution in [0.3, 0.4) is 0 Å². The summed E-state index contributed by atoms with van der Waals surface area (Å²) in [4.78, 5) is 20.5. The van der Waals surface area contributed by atoms with E-state index in [9.17, 15) is 9.90 Å². The van der Waals surface area contributed by atoms with Crippen LogP contribution in [0.2, 0.25) is 0 Å². The second-order valence-corrected chi connectivity index (χ2v) is 6.17. The molecule has 3 N–H and O–H groups in total. The van der Waals surface area contributed by atoms with Crippen molar-refractivity contribution in [2.24, 2.45) is 0 Å². The standard InChI is InChI=1S/C19H14N4O3S/c24-18(25)12-3-1-2-4-15(12)23-17-13-9-11(22-19-20-7-8-26-19)5-6-14(13)21-10-16(17)27/h1-10,27H,(H,20,22)(H,21,23)(H,24,25). The van der Waals surface area contributed by atoms with Crippen LogP contribution < -0.4 is 10.6 Å². The van der Waals surface area contributed by atoms with Gasteiger partial charge in [-0.05, 0) is 30.3 Å². The molecule has 0 amide bonds. The summed E-state index contributed by atoms with van der Waals surface area (Å²) in [5, 5.41) is 16.4. The van der Waals surface area contributed by atoms with Crippen molar-refractivity contribution in [3.8, 4) is 0 Å². The molecule has 4 rings (SSSR count). The number of benzene rings is 2. The molecular weight excluding hydrogens is 364 g/mol. The minimum absolute atomic E-state index is 0.171. The van der Waals surface area contributed by atoms with Crippen LogP contribution >= 0.6 is 12.6 Å². The molecule has 7 nitrogen and oxygen atoms in total. The molecule has 0 aliphatic rings. The molecule has 2 aromatic heterocycles. The van der Waals surface area contributed by atoms with Gasteiger partial charge in [-0.15, -0.1) is 12.6 Å². The minimum Gasteiger partial charge on any atom is -0.478 e. The van der Waals surface area contributed by atoms with Gasteiger partial charge in [0.25, 0.3) is 6.01 Å². The molecule has 0 aliphatic carbocycles. The molecule has 8 heteroatoms. The lowest BCUT2D eigenvalue weighted by molar-refractivity contribution is 0.0698. The maximum absolute atomic E-state index is 11.5. The van der Waals surface area contributed by atoms with Crippen molar-refractivity contribution < 1.29 is 14.3 Å². The second kappa shape index (κ2) is 7.00. The number of anilines is 4. The molecule has 0 atom stereocenters. The Kier molecular flexibility index (Phi) is 4.39. The predicted molar refractivity (Wildman–Crippen MR) is 105 cm³/mol. The maximum atomic E-state index is 11.5. The number of carbonyl (C=O) groups is 1. The van der Waals surface area contributed by atoms with E-state index in [4.69, 9.17) is 4.42 Å². The van der Waals surface area contributed by atoms with E-state index < -0.39 is 5.97 Å². The van der Waals surface area contributed by atoms with Crippen molar-refractivity contribution in [3.63, 3.8) is 0 Å². The normalized spacial score (nSPS) is 10.7. The Balaban J connectivity index is 1.79. The lowest BCUT2D eigenvalue weighted by Crippen LogP contribution is -2.03. The van der Waals surface area contributed by atoms with Gasteiger partial charge in [-0.1, -0.05) is 12.1 Å². The summed E-state index contributed by atoms with van der Waals surface area (Å²) in [5.74, 6) is -1.01. The fourth-order valence-corrected chi connectivity index (χ4v) is 2.95. The summed E-state index contributed by atoms with van der Waals surface area (Å²) in [6.45, 7) is 0. The van der Waals surface area contributed by atoms with Gasteiger partial charge in [0.05, 0.1) is 28.7 Å². The zero-order chi connectivity index (χ0) is 18.8. The second-order valence-electron chi connectivity index (χ2n) is 5.69. The smallest absolute Gasteiger partial charge is 0.337 e.